The highest BCUT2D eigenvalue weighted by molar-refractivity contribution is 5.97. The average molecular weight is 417 g/mol. The van der Waals surface area contributed by atoms with Crippen LogP contribution >= 0.6 is 0 Å². The Kier molecular flexibility index (Phi) is 8.10. The second-order valence-corrected chi connectivity index (χ2v) is 8.38. The molecule has 0 bridgehead atoms. The summed E-state index contributed by atoms with van der Waals surface area (Å²) in [5.41, 5.74) is 1.89. The Balaban J connectivity index is 1.37. The molecule has 2 aliphatic heterocycles. The summed E-state index contributed by atoms with van der Waals surface area (Å²) in [6, 6.07) is 5.87. The van der Waals surface area contributed by atoms with E-state index in [0.29, 0.717) is 13.1 Å². The Morgan fingerprint density at radius 2 is 1.87 bits per heavy atom. The van der Waals surface area contributed by atoms with E-state index in [0.717, 1.165) is 62.7 Å². The Hall–Kier alpha value is -2.12. The lowest BCUT2D eigenvalue weighted by atomic mass is 10.1. The van der Waals surface area contributed by atoms with Gasteiger partial charge in [-0.15, -0.1) is 0 Å². The van der Waals surface area contributed by atoms with E-state index in [9.17, 15) is 9.59 Å². The van der Waals surface area contributed by atoms with Crippen molar-refractivity contribution in [1.82, 2.24) is 15.1 Å². The van der Waals surface area contributed by atoms with E-state index in [1.54, 1.807) is 4.90 Å². The minimum Gasteiger partial charge on any atom is -0.487 e. The van der Waals surface area contributed by atoms with Gasteiger partial charge in [0.1, 0.15) is 11.9 Å². The van der Waals surface area contributed by atoms with Gasteiger partial charge >= 0.3 is 0 Å². The smallest absolute Gasteiger partial charge is 0.227 e. The van der Waals surface area contributed by atoms with Gasteiger partial charge in [-0.05, 0) is 51.1 Å². The van der Waals surface area contributed by atoms with Crippen molar-refractivity contribution < 1.29 is 14.3 Å². The van der Waals surface area contributed by atoms with Crippen LogP contribution < -0.4 is 15.0 Å². The molecule has 1 saturated heterocycles. The molecule has 1 fully saturated rings. The summed E-state index contributed by atoms with van der Waals surface area (Å²) in [5, 5.41) is 2.97. The predicted molar refractivity (Wildman–Crippen MR) is 119 cm³/mol. The Morgan fingerprint density at radius 3 is 2.60 bits per heavy atom. The quantitative estimate of drug-likeness (QED) is 0.657. The van der Waals surface area contributed by atoms with E-state index in [2.05, 4.69) is 22.0 Å². The van der Waals surface area contributed by atoms with Gasteiger partial charge in [0, 0.05) is 45.6 Å². The van der Waals surface area contributed by atoms with Crippen molar-refractivity contribution in [3.05, 3.63) is 23.8 Å². The third-order valence-corrected chi connectivity index (χ3v) is 5.93. The maximum Gasteiger partial charge on any atom is 0.227 e. The molecule has 0 aliphatic carbocycles. The third-order valence-electron chi connectivity index (χ3n) is 5.93. The number of nitrogens with zero attached hydrogens (tertiary/aromatic N) is 3. The summed E-state index contributed by atoms with van der Waals surface area (Å²) in [4.78, 5) is 31.7. The number of carbonyl (C=O) groups excluding carboxylic acids is 2. The van der Waals surface area contributed by atoms with Crippen LogP contribution in [0.5, 0.6) is 5.75 Å². The van der Waals surface area contributed by atoms with E-state index < -0.39 is 0 Å². The molecule has 0 aromatic heterocycles. The van der Waals surface area contributed by atoms with Gasteiger partial charge in [0.2, 0.25) is 11.8 Å². The number of rotatable bonds is 8. The fourth-order valence-corrected chi connectivity index (χ4v) is 4.09. The van der Waals surface area contributed by atoms with Crippen LogP contribution in [0.4, 0.5) is 5.69 Å². The van der Waals surface area contributed by atoms with Crippen molar-refractivity contribution >= 4 is 17.5 Å². The van der Waals surface area contributed by atoms with Gasteiger partial charge in [0.05, 0.1) is 12.2 Å². The van der Waals surface area contributed by atoms with E-state index in [1.807, 2.05) is 32.0 Å². The number of aryl methyl sites for hydroxylation is 1. The van der Waals surface area contributed by atoms with E-state index >= 15 is 0 Å². The molecule has 0 unspecified atom stereocenters. The molecular weight excluding hydrogens is 380 g/mol. The number of hydrogen-bond acceptors (Lipinski definition) is 5. The van der Waals surface area contributed by atoms with Crippen LogP contribution in [0, 0.1) is 6.92 Å². The standard InChI is InChI=1S/C23H36N4O3/c1-4-25-12-14-26(15-13-25)11-5-10-24-22(28)8-9-23(29)27-17-19(3)30-21-7-6-18(2)16-20(21)27/h6-7,16,19H,4-5,8-15,17H2,1-3H3,(H,24,28)/t19-/m1/s1. The number of anilines is 1. The molecule has 1 atom stereocenters. The van der Waals surface area contributed by atoms with Crippen LogP contribution in [0.15, 0.2) is 18.2 Å². The summed E-state index contributed by atoms with van der Waals surface area (Å²) in [5.74, 6) is 0.655. The molecule has 3 rings (SSSR count). The number of piperazine rings is 1. The highest BCUT2D eigenvalue weighted by atomic mass is 16.5. The second kappa shape index (κ2) is 10.8. The minimum absolute atomic E-state index is 0.0269. The number of fused-ring (bicyclic) bond motifs is 1. The third kappa shape index (κ3) is 6.19. The first kappa shape index (κ1) is 22.6. The van der Waals surface area contributed by atoms with Crippen LogP contribution in [-0.4, -0.2) is 80.1 Å². The van der Waals surface area contributed by atoms with Crippen LogP contribution in [0.25, 0.3) is 0 Å². The molecule has 2 aliphatic rings. The first-order valence-electron chi connectivity index (χ1n) is 11.3. The molecule has 0 radical (unpaired) electrons. The number of ether oxygens (including phenoxy) is 1. The largest absolute Gasteiger partial charge is 0.487 e. The lowest BCUT2D eigenvalue weighted by Gasteiger charge is -2.34. The van der Waals surface area contributed by atoms with Crippen LogP contribution in [0.3, 0.4) is 0 Å². The van der Waals surface area contributed by atoms with Crippen molar-refractivity contribution in [2.24, 2.45) is 0 Å². The van der Waals surface area contributed by atoms with E-state index in [-0.39, 0.29) is 30.8 Å². The SMILES string of the molecule is CCN1CCN(CCCNC(=O)CCC(=O)N2C[C@@H](C)Oc3ccc(C)cc32)CC1. The normalized spacial score (nSPS) is 19.8. The molecule has 166 valence electrons. The van der Waals surface area contributed by atoms with Crippen molar-refractivity contribution in [3.8, 4) is 5.75 Å². The minimum atomic E-state index is -0.0582. The maximum atomic E-state index is 12.8. The summed E-state index contributed by atoms with van der Waals surface area (Å²) >= 11 is 0. The monoisotopic (exact) mass is 416 g/mol. The van der Waals surface area contributed by atoms with Crippen molar-refractivity contribution in [3.63, 3.8) is 0 Å². The molecule has 7 nitrogen and oxygen atoms in total. The van der Waals surface area contributed by atoms with E-state index in [1.165, 1.54) is 0 Å². The highest BCUT2D eigenvalue weighted by Crippen LogP contribution is 2.34. The first-order chi connectivity index (χ1) is 14.5. The summed E-state index contributed by atoms with van der Waals surface area (Å²) in [6.45, 7) is 14.0. The number of benzene rings is 1. The van der Waals surface area contributed by atoms with Gasteiger partial charge in [0.15, 0.2) is 0 Å². The summed E-state index contributed by atoms with van der Waals surface area (Å²) in [7, 11) is 0. The lowest BCUT2D eigenvalue weighted by molar-refractivity contribution is -0.125. The number of carbonyl (C=O) groups is 2. The van der Waals surface area contributed by atoms with Gasteiger partial charge in [-0.25, -0.2) is 0 Å². The molecule has 0 saturated carbocycles. The van der Waals surface area contributed by atoms with Crippen molar-refractivity contribution in [2.45, 2.75) is 46.1 Å². The lowest BCUT2D eigenvalue weighted by Crippen LogP contribution is -2.46. The topological polar surface area (TPSA) is 65.1 Å². The fourth-order valence-electron chi connectivity index (χ4n) is 4.09. The van der Waals surface area contributed by atoms with Crippen LogP contribution in [0.2, 0.25) is 0 Å². The Labute approximate surface area is 180 Å². The Morgan fingerprint density at radius 1 is 1.13 bits per heavy atom. The number of nitrogens with one attached hydrogen (secondary N) is 1. The zero-order chi connectivity index (χ0) is 21.5. The van der Waals surface area contributed by atoms with Crippen molar-refractivity contribution in [2.75, 3.05) is 57.3 Å². The number of hydrogen-bond donors (Lipinski definition) is 1. The Bertz CT molecular complexity index is 731. The molecule has 7 heteroatoms. The first-order valence-corrected chi connectivity index (χ1v) is 11.3. The molecule has 2 amide bonds. The van der Waals surface area contributed by atoms with Gasteiger partial charge in [-0.3, -0.25) is 9.59 Å². The van der Waals surface area contributed by atoms with Gasteiger partial charge < -0.3 is 24.8 Å². The summed E-state index contributed by atoms with van der Waals surface area (Å²) in [6.07, 6.45) is 1.32. The van der Waals surface area contributed by atoms with Crippen molar-refractivity contribution in [1.29, 1.82) is 0 Å². The molecule has 30 heavy (non-hydrogen) atoms. The zero-order valence-electron chi connectivity index (χ0n) is 18.7. The van der Waals surface area contributed by atoms with Crippen LogP contribution in [-0.2, 0) is 9.59 Å². The van der Waals surface area contributed by atoms with Crippen LogP contribution in [0.1, 0.15) is 38.7 Å². The van der Waals surface area contributed by atoms with Gasteiger partial charge in [-0.2, -0.15) is 0 Å². The molecule has 2 heterocycles. The number of amides is 2. The zero-order valence-corrected chi connectivity index (χ0v) is 18.7. The highest BCUT2D eigenvalue weighted by Gasteiger charge is 2.27. The second-order valence-electron chi connectivity index (χ2n) is 8.38. The van der Waals surface area contributed by atoms with Gasteiger partial charge in [-0.1, -0.05) is 13.0 Å². The molecular formula is C23H36N4O3. The molecule has 1 aromatic rings. The predicted octanol–water partition coefficient (Wildman–Crippen LogP) is 2.03. The average Bonchev–Trinajstić information content (AvgIpc) is 2.75. The fraction of sp³-hybridized carbons (Fsp3) is 0.652. The number of likely N-dealkylation sites (N-methyl/N-ethyl adjacent to an activating group) is 1. The molecule has 1 aromatic carbocycles. The molecule has 0 spiro atoms. The van der Waals surface area contributed by atoms with Gasteiger partial charge in [0.25, 0.3) is 0 Å². The summed E-state index contributed by atoms with van der Waals surface area (Å²) < 4.78 is 5.84. The maximum absolute atomic E-state index is 12.8. The van der Waals surface area contributed by atoms with E-state index in [4.69, 9.17) is 4.74 Å². The molecule has 1 N–H and O–H groups in total.